The van der Waals surface area contributed by atoms with E-state index in [4.69, 9.17) is 5.11 Å². The first-order valence-corrected chi connectivity index (χ1v) is 6.65. The number of carbonyl (C=O) groups excluding carboxylic acids is 2. The van der Waals surface area contributed by atoms with Crippen LogP contribution in [-0.4, -0.2) is 37.2 Å². The standard InChI is InChI=1S/C15H20N2O4/c1-3-11-4-6-12(7-5-11)17-13(10-14(19)21-2)15(20)16-8-9-18/h4-7,10,17-18H,3,8-9H2,1-2H3,(H,16,20)/b13-10-. The van der Waals surface area contributed by atoms with Gasteiger partial charge < -0.3 is 20.5 Å². The van der Waals surface area contributed by atoms with Crippen LogP contribution in [0.15, 0.2) is 36.0 Å². The topological polar surface area (TPSA) is 87.7 Å². The van der Waals surface area contributed by atoms with Crippen LogP contribution in [0.1, 0.15) is 12.5 Å². The molecule has 0 spiro atoms. The van der Waals surface area contributed by atoms with E-state index >= 15 is 0 Å². The zero-order chi connectivity index (χ0) is 15.7. The van der Waals surface area contributed by atoms with Crippen molar-refractivity contribution in [3.05, 3.63) is 41.6 Å². The minimum Gasteiger partial charge on any atom is -0.466 e. The Hall–Kier alpha value is -2.34. The predicted octanol–water partition coefficient (Wildman–Crippen LogP) is 0.826. The summed E-state index contributed by atoms with van der Waals surface area (Å²) in [6.07, 6.45) is 1.99. The van der Waals surface area contributed by atoms with Crippen molar-refractivity contribution in [1.82, 2.24) is 5.32 Å². The number of hydrogen-bond donors (Lipinski definition) is 3. The second-order valence-electron chi connectivity index (χ2n) is 4.24. The summed E-state index contributed by atoms with van der Waals surface area (Å²) in [6.45, 7) is 1.98. The summed E-state index contributed by atoms with van der Waals surface area (Å²) in [5.74, 6) is -1.13. The number of anilines is 1. The lowest BCUT2D eigenvalue weighted by atomic mass is 10.1. The Morgan fingerprint density at radius 2 is 1.95 bits per heavy atom. The molecule has 0 aliphatic carbocycles. The summed E-state index contributed by atoms with van der Waals surface area (Å²) in [4.78, 5) is 23.2. The highest BCUT2D eigenvalue weighted by Gasteiger charge is 2.11. The van der Waals surface area contributed by atoms with Gasteiger partial charge in [0.25, 0.3) is 5.91 Å². The van der Waals surface area contributed by atoms with Gasteiger partial charge in [0.05, 0.1) is 19.8 Å². The third-order valence-corrected chi connectivity index (χ3v) is 2.75. The minimum atomic E-state index is -0.637. The van der Waals surface area contributed by atoms with Crippen LogP contribution in [0.5, 0.6) is 0 Å². The van der Waals surface area contributed by atoms with Crippen LogP contribution < -0.4 is 10.6 Å². The van der Waals surface area contributed by atoms with E-state index in [1.807, 2.05) is 31.2 Å². The van der Waals surface area contributed by atoms with Crippen molar-refractivity contribution >= 4 is 17.6 Å². The average Bonchev–Trinajstić information content (AvgIpc) is 2.52. The number of aliphatic hydroxyl groups is 1. The molecule has 1 aromatic rings. The van der Waals surface area contributed by atoms with Gasteiger partial charge in [-0.05, 0) is 24.1 Å². The summed E-state index contributed by atoms with van der Waals surface area (Å²) < 4.78 is 4.52. The fourth-order valence-corrected chi connectivity index (χ4v) is 1.58. The van der Waals surface area contributed by atoms with Crippen LogP contribution in [-0.2, 0) is 20.7 Å². The molecule has 0 atom stereocenters. The van der Waals surface area contributed by atoms with Gasteiger partial charge in [0, 0.05) is 12.2 Å². The molecule has 0 fully saturated rings. The Balaban J connectivity index is 2.87. The molecule has 0 aliphatic heterocycles. The number of ether oxygens (including phenoxy) is 1. The van der Waals surface area contributed by atoms with Crippen LogP contribution in [0.25, 0.3) is 0 Å². The number of aryl methyl sites for hydroxylation is 1. The number of amides is 1. The summed E-state index contributed by atoms with van der Waals surface area (Å²) >= 11 is 0. The lowest BCUT2D eigenvalue weighted by Crippen LogP contribution is -2.31. The van der Waals surface area contributed by atoms with E-state index in [0.29, 0.717) is 5.69 Å². The minimum absolute atomic E-state index is 0.0551. The van der Waals surface area contributed by atoms with Gasteiger partial charge in [-0.15, -0.1) is 0 Å². The number of esters is 1. The second kappa shape index (κ2) is 8.76. The largest absolute Gasteiger partial charge is 0.466 e. The molecule has 0 heterocycles. The van der Waals surface area contributed by atoms with E-state index in [1.54, 1.807) is 0 Å². The molecule has 1 rings (SSSR count). The van der Waals surface area contributed by atoms with Gasteiger partial charge in [-0.1, -0.05) is 19.1 Å². The normalized spacial score (nSPS) is 10.9. The first-order valence-electron chi connectivity index (χ1n) is 6.65. The van der Waals surface area contributed by atoms with E-state index in [-0.39, 0.29) is 18.8 Å². The maximum absolute atomic E-state index is 11.9. The van der Waals surface area contributed by atoms with Gasteiger partial charge in [-0.3, -0.25) is 4.79 Å². The summed E-state index contributed by atoms with van der Waals surface area (Å²) in [6, 6.07) is 7.51. The maximum Gasteiger partial charge on any atom is 0.332 e. The number of nitrogens with one attached hydrogen (secondary N) is 2. The molecular formula is C15H20N2O4. The monoisotopic (exact) mass is 292 g/mol. The Kier molecular flexibility index (Phi) is 6.97. The number of carbonyl (C=O) groups is 2. The molecular weight excluding hydrogens is 272 g/mol. The molecule has 6 nitrogen and oxygen atoms in total. The molecule has 21 heavy (non-hydrogen) atoms. The van der Waals surface area contributed by atoms with Gasteiger partial charge in [-0.2, -0.15) is 0 Å². The molecule has 0 saturated heterocycles. The molecule has 114 valence electrons. The van der Waals surface area contributed by atoms with Crippen LogP contribution in [0.2, 0.25) is 0 Å². The van der Waals surface area contributed by atoms with E-state index in [1.165, 1.54) is 12.7 Å². The zero-order valence-corrected chi connectivity index (χ0v) is 12.2. The molecule has 0 aliphatic rings. The van der Waals surface area contributed by atoms with E-state index < -0.39 is 11.9 Å². The molecule has 0 bridgehead atoms. The quantitative estimate of drug-likeness (QED) is 0.512. The number of hydrogen-bond acceptors (Lipinski definition) is 5. The first-order chi connectivity index (χ1) is 10.1. The summed E-state index contributed by atoms with van der Waals surface area (Å²) in [5.41, 5.74) is 1.91. The van der Waals surface area contributed by atoms with Crippen molar-refractivity contribution in [2.24, 2.45) is 0 Å². The summed E-state index contributed by atoms with van der Waals surface area (Å²) in [7, 11) is 1.23. The van der Waals surface area contributed by atoms with Crippen molar-refractivity contribution in [3.63, 3.8) is 0 Å². The Morgan fingerprint density at radius 1 is 1.29 bits per heavy atom. The highest BCUT2D eigenvalue weighted by Crippen LogP contribution is 2.12. The number of benzene rings is 1. The second-order valence-corrected chi connectivity index (χ2v) is 4.24. The van der Waals surface area contributed by atoms with Crippen LogP contribution in [0, 0.1) is 0 Å². The van der Waals surface area contributed by atoms with Crippen molar-refractivity contribution in [1.29, 1.82) is 0 Å². The molecule has 0 aromatic heterocycles. The van der Waals surface area contributed by atoms with E-state index in [9.17, 15) is 9.59 Å². The molecule has 0 radical (unpaired) electrons. The summed E-state index contributed by atoms with van der Waals surface area (Å²) in [5, 5.41) is 14.1. The van der Waals surface area contributed by atoms with Gasteiger partial charge >= 0.3 is 5.97 Å². The fraction of sp³-hybridized carbons (Fsp3) is 0.333. The van der Waals surface area contributed by atoms with Crippen molar-refractivity contribution in [2.75, 3.05) is 25.6 Å². The Labute approximate surface area is 123 Å². The SMILES string of the molecule is CCc1ccc(N/C(=C\C(=O)OC)C(=O)NCCO)cc1. The zero-order valence-electron chi connectivity index (χ0n) is 12.2. The van der Waals surface area contributed by atoms with Gasteiger partial charge in [0.1, 0.15) is 5.70 Å². The smallest absolute Gasteiger partial charge is 0.332 e. The van der Waals surface area contributed by atoms with Crippen molar-refractivity contribution in [2.45, 2.75) is 13.3 Å². The molecule has 6 heteroatoms. The number of methoxy groups -OCH3 is 1. The molecule has 1 amide bonds. The number of rotatable bonds is 7. The molecule has 3 N–H and O–H groups in total. The lowest BCUT2D eigenvalue weighted by molar-refractivity contribution is -0.135. The predicted molar refractivity (Wildman–Crippen MR) is 79.6 cm³/mol. The van der Waals surface area contributed by atoms with Crippen LogP contribution in [0.4, 0.5) is 5.69 Å². The average molecular weight is 292 g/mol. The van der Waals surface area contributed by atoms with Gasteiger partial charge in [0.2, 0.25) is 0 Å². The molecule has 0 unspecified atom stereocenters. The molecule has 0 saturated carbocycles. The number of aliphatic hydroxyl groups excluding tert-OH is 1. The Morgan fingerprint density at radius 3 is 2.48 bits per heavy atom. The third-order valence-electron chi connectivity index (χ3n) is 2.75. The lowest BCUT2D eigenvalue weighted by Gasteiger charge is -2.11. The fourth-order valence-electron chi connectivity index (χ4n) is 1.58. The highest BCUT2D eigenvalue weighted by atomic mass is 16.5. The van der Waals surface area contributed by atoms with Crippen molar-refractivity contribution in [3.8, 4) is 0 Å². The highest BCUT2D eigenvalue weighted by molar-refractivity contribution is 6.01. The van der Waals surface area contributed by atoms with Crippen LogP contribution >= 0.6 is 0 Å². The third kappa shape index (κ3) is 5.66. The van der Waals surface area contributed by atoms with Gasteiger partial charge in [-0.25, -0.2) is 4.79 Å². The van der Waals surface area contributed by atoms with E-state index in [2.05, 4.69) is 15.4 Å². The van der Waals surface area contributed by atoms with Crippen LogP contribution in [0.3, 0.4) is 0 Å². The van der Waals surface area contributed by atoms with E-state index in [0.717, 1.165) is 12.5 Å². The first kappa shape index (κ1) is 16.7. The van der Waals surface area contributed by atoms with Gasteiger partial charge in [0.15, 0.2) is 0 Å². The molecule has 1 aromatic carbocycles. The Bertz CT molecular complexity index is 509. The van der Waals surface area contributed by atoms with Crippen molar-refractivity contribution < 1.29 is 19.4 Å². The maximum atomic E-state index is 11.9.